The Morgan fingerprint density at radius 1 is 0.879 bits per heavy atom. The topological polar surface area (TPSA) is 102 Å². The van der Waals surface area contributed by atoms with E-state index in [1.165, 1.54) is 21.3 Å². The molecule has 0 atom stereocenters. The van der Waals surface area contributed by atoms with Crippen LogP contribution in [-0.2, 0) is 0 Å². The molecular weight excluding hydrogens is 424 g/mol. The summed E-state index contributed by atoms with van der Waals surface area (Å²) in [4.78, 5) is 20.7. The number of hydrogen-bond acceptors (Lipinski definition) is 8. The number of aromatic nitrogens is 3. The molecule has 10 heteroatoms. The first-order chi connectivity index (χ1) is 16.1. The summed E-state index contributed by atoms with van der Waals surface area (Å²) in [6.45, 7) is 2.44. The van der Waals surface area contributed by atoms with E-state index in [1.54, 1.807) is 29.4 Å². The van der Waals surface area contributed by atoms with Crippen molar-refractivity contribution in [2.45, 2.75) is 0 Å². The van der Waals surface area contributed by atoms with Gasteiger partial charge in [-0.25, -0.2) is 4.79 Å². The van der Waals surface area contributed by atoms with Crippen LogP contribution in [0.25, 0.3) is 11.3 Å². The summed E-state index contributed by atoms with van der Waals surface area (Å²) < 4.78 is 16.0. The molecule has 1 aliphatic rings. The van der Waals surface area contributed by atoms with E-state index < -0.39 is 0 Å². The second kappa shape index (κ2) is 10.0. The van der Waals surface area contributed by atoms with E-state index in [-0.39, 0.29) is 6.03 Å². The number of amides is 2. The van der Waals surface area contributed by atoms with Gasteiger partial charge in [0.25, 0.3) is 0 Å². The molecule has 0 radical (unpaired) electrons. The van der Waals surface area contributed by atoms with Crippen LogP contribution in [0.15, 0.2) is 48.8 Å². The number of urea groups is 1. The number of carbonyl (C=O) groups is 1. The zero-order valence-electron chi connectivity index (χ0n) is 18.8. The Bertz CT molecular complexity index is 1060. The van der Waals surface area contributed by atoms with Gasteiger partial charge >= 0.3 is 6.03 Å². The smallest absolute Gasteiger partial charge is 0.321 e. The number of ether oxygens (including phenoxy) is 3. The molecule has 1 fully saturated rings. The molecule has 2 aromatic heterocycles. The number of piperazine rings is 1. The van der Waals surface area contributed by atoms with Crippen molar-refractivity contribution < 1.29 is 19.0 Å². The van der Waals surface area contributed by atoms with Crippen molar-refractivity contribution in [3.8, 4) is 28.5 Å². The van der Waals surface area contributed by atoms with Crippen molar-refractivity contribution in [1.82, 2.24) is 20.1 Å². The average molecular weight is 450 g/mol. The second-order valence-electron chi connectivity index (χ2n) is 7.33. The Morgan fingerprint density at radius 3 is 2.09 bits per heavy atom. The van der Waals surface area contributed by atoms with Gasteiger partial charge in [-0.05, 0) is 24.3 Å². The van der Waals surface area contributed by atoms with E-state index >= 15 is 0 Å². The summed E-state index contributed by atoms with van der Waals surface area (Å²) in [5, 5.41) is 11.6. The van der Waals surface area contributed by atoms with Crippen molar-refractivity contribution >= 4 is 17.5 Å². The summed E-state index contributed by atoms with van der Waals surface area (Å²) >= 11 is 0. The van der Waals surface area contributed by atoms with Crippen LogP contribution in [0.4, 0.5) is 16.3 Å². The highest BCUT2D eigenvalue weighted by molar-refractivity contribution is 5.90. The summed E-state index contributed by atoms with van der Waals surface area (Å²) in [5.74, 6) is 2.22. The fraction of sp³-hybridized carbons (Fsp3) is 0.304. The third kappa shape index (κ3) is 4.89. The van der Waals surface area contributed by atoms with Gasteiger partial charge in [0, 0.05) is 56.3 Å². The van der Waals surface area contributed by atoms with Gasteiger partial charge in [0.05, 0.1) is 32.7 Å². The number of pyridine rings is 1. The van der Waals surface area contributed by atoms with Crippen LogP contribution in [0, 0.1) is 0 Å². The highest BCUT2D eigenvalue weighted by Crippen LogP contribution is 2.40. The van der Waals surface area contributed by atoms with Crippen molar-refractivity contribution in [2.75, 3.05) is 57.7 Å². The lowest BCUT2D eigenvalue weighted by Gasteiger charge is -2.35. The van der Waals surface area contributed by atoms with Crippen molar-refractivity contribution in [3.05, 3.63) is 48.8 Å². The summed E-state index contributed by atoms with van der Waals surface area (Å²) in [7, 11) is 4.61. The molecule has 3 aromatic rings. The predicted octanol–water partition coefficient (Wildman–Crippen LogP) is 2.92. The number of benzene rings is 1. The Balaban J connectivity index is 1.37. The maximum absolute atomic E-state index is 12.8. The zero-order valence-corrected chi connectivity index (χ0v) is 18.8. The first kappa shape index (κ1) is 22.1. The fourth-order valence-electron chi connectivity index (χ4n) is 3.66. The normalized spacial score (nSPS) is 13.4. The van der Waals surface area contributed by atoms with E-state index in [1.807, 2.05) is 24.3 Å². The first-order valence-electron chi connectivity index (χ1n) is 10.5. The van der Waals surface area contributed by atoms with Gasteiger partial charge in [-0.15, -0.1) is 10.2 Å². The maximum Gasteiger partial charge on any atom is 0.321 e. The van der Waals surface area contributed by atoms with E-state index in [0.29, 0.717) is 49.1 Å². The molecule has 0 bridgehead atoms. The van der Waals surface area contributed by atoms with Crippen LogP contribution < -0.4 is 24.4 Å². The van der Waals surface area contributed by atoms with Gasteiger partial charge in [-0.1, -0.05) is 0 Å². The number of nitrogens with one attached hydrogen (secondary N) is 1. The van der Waals surface area contributed by atoms with Crippen LogP contribution in [-0.4, -0.2) is 73.6 Å². The molecule has 3 heterocycles. The third-order valence-corrected chi connectivity index (χ3v) is 5.43. The molecule has 0 spiro atoms. The van der Waals surface area contributed by atoms with Crippen LogP contribution in [0.3, 0.4) is 0 Å². The Kier molecular flexibility index (Phi) is 6.72. The Labute approximate surface area is 192 Å². The molecule has 0 aliphatic carbocycles. The molecule has 33 heavy (non-hydrogen) atoms. The van der Waals surface area contributed by atoms with E-state index in [2.05, 4.69) is 25.4 Å². The molecule has 1 N–H and O–H groups in total. The largest absolute Gasteiger partial charge is 0.493 e. The number of nitrogens with zero attached hydrogens (tertiary/aromatic N) is 5. The molecule has 10 nitrogen and oxygen atoms in total. The monoisotopic (exact) mass is 450 g/mol. The minimum absolute atomic E-state index is 0.192. The summed E-state index contributed by atoms with van der Waals surface area (Å²) in [5.41, 5.74) is 2.33. The predicted molar refractivity (Wildman–Crippen MR) is 124 cm³/mol. The molecule has 1 saturated heterocycles. The van der Waals surface area contributed by atoms with Crippen LogP contribution in [0.2, 0.25) is 0 Å². The van der Waals surface area contributed by atoms with E-state index in [4.69, 9.17) is 14.2 Å². The summed E-state index contributed by atoms with van der Waals surface area (Å²) in [6, 6.07) is 10.9. The summed E-state index contributed by atoms with van der Waals surface area (Å²) in [6.07, 6.45) is 3.46. The molecule has 4 rings (SSSR count). The van der Waals surface area contributed by atoms with Crippen LogP contribution in [0.5, 0.6) is 17.2 Å². The Morgan fingerprint density at radius 2 is 1.55 bits per heavy atom. The quantitative estimate of drug-likeness (QED) is 0.612. The van der Waals surface area contributed by atoms with E-state index in [0.717, 1.165) is 17.1 Å². The molecular formula is C23H26N6O4. The lowest BCUT2D eigenvalue weighted by atomic mass is 10.2. The van der Waals surface area contributed by atoms with Gasteiger partial charge < -0.3 is 29.3 Å². The molecule has 0 saturated carbocycles. The first-order valence-corrected chi connectivity index (χ1v) is 10.5. The van der Waals surface area contributed by atoms with Gasteiger partial charge in [0.2, 0.25) is 5.75 Å². The number of carbonyl (C=O) groups excluding carboxylic acids is 1. The van der Waals surface area contributed by atoms with Crippen LogP contribution in [0.1, 0.15) is 0 Å². The zero-order chi connectivity index (χ0) is 23.2. The minimum atomic E-state index is -0.192. The van der Waals surface area contributed by atoms with Crippen LogP contribution >= 0.6 is 0 Å². The van der Waals surface area contributed by atoms with E-state index in [9.17, 15) is 4.79 Å². The van der Waals surface area contributed by atoms with Gasteiger partial charge in [0.1, 0.15) is 0 Å². The molecule has 1 aliphatic heterocycles. The third-order valence-electron chi connectivity index (χ3n) is 5.43. The van der Waals surface area contributed by atoms with Gasteiger partial charge in [-0.3, -0.25) is 4.98 Å². The molecule has 2 amide bonds. The number of hydrogen-bond donors (Lipinski definition) is 1. The fourth-order valence-corrected chi connectivity index (χ4v) is 3.66. The number of rotatable bonds is 6. The molecule has 1 aromatic carbocycles. The van der Waals surface area contributed by atoms with Gasteiger partial charge in [-0.2, -0.15) is 0 Å². The minimum Gasteiger partial charge on any atom is -0.493 e. The lowest BCUT2D eigenvalue weighted by Crippen LogP contribution is -2.50. The standard InChI is InChI=1S/C23H26N6O4/c1-31-19-14-17(15-20(32-2)22(19)33-3)25-23(30)29-12-10-28(11-13-29)21-5-4-18(26-27-21)16-6-8-24-9-7-16/h4-9,14-15H,10-13H2,1-3H3,(H,25,30). The highest BCUT2D eigenvalue weighted by atomic mass is 16.5. The SMILES string of the molecule is COc1cc(NC(=O)N2CCN(c3ccc(-c4ccncc4)nn3)CC2)cc(OC)c1OC. The molecule has 0 unspecified atom stereocenters. The van der Waals surface area contributed by atoms with Crippen molar-refractivity contribution in [3.63, 3.8) is 0 Å². The molecule has 172 valence electrons. The highest BCUT2D eigenvalue weighted by Gasteiger charge is 2.23. The second-order valence-corrected chi connectivity index (χ2v) is 7.33. The average Bonchev–Trinajstić information content (AvgIpc) is 2.88. The number of anilines is 2. The lowest BCUT2D eigenvalue weighted by molar-refractivity contribution is 0.208. The number of methoxy groups -OCH3 is 3. The van der Waals surface area contributed by atoms with Crippen molar-refractivity contribution in [2.24, 2.45) is 0 Å². The van der Waals surface area contributed by atoms with Gasteiger partial charge in [0.15, 0.2) is 17.3 Å². The maximum atomic E-state index is 12.8. The van der Waals surface area contributed by atoms with Crippen molar-refractivity contribution in [1.29, 1.82) is 0 Å². The Hall–Kier alpha value is -4.08.